The maximum Gasteiger partial charge on any atom is 0.321 e. The van der Waals surface area contributed by atoms with E-state index in [1.54, 1.807) is 60.2 Å². The highest BCUT2D eigenvalue weighted by Gasteiger charge is 2.31. The van der Waals surface area contributed by atoms with Crippen LogP contribution in [0.4, 0.5) is 16.2 Å². The van der Waals surface area contributed by atoms with E-state index < -0.39 is 12.1 Å². The van der Waals surface area contributed by atoms with E-state index in [1.165, 1.54) is 0 Å². The second kappa shape index (κ2) is 18.1. The van der Waals surface area contributed by atoms with Crippen LogP contribution in [0.1, 0.15) is 63.2 Å². The number of nitrogens with one attached hydrogen (secondary N) is 2. The van der Waals surface area contributed by atoms with Crippen molar-refractivity contribution < 1.29 is 38.4 Å². The van der Waals surface area contributed by atoms with E-state index >= 15 is 0 Å². The predicted octanol–water partition coefficient (Wildman–Crippen LogP) is 4.66. The van der Waals surface area contributed by atoms with Crippen LogP contribution in [-0.4, -0.2) is 117 Å². The van der Waals surface area contributed by atoms with Crippen LogP contribution in [0.15, 0.2) is 36.4 Å². The summed E-state index contributed by atoms with van der Waals surface area (Å²) in [5.41, 5.74) is 1.38. The summed E-state index contributed by atoms with van der Waals surface area (Å²) in [6.07, 6.45) is 2.87. The number of hydrogen-bond donors (Lipinski definition) is 3. The van der Waals surface area contributed by atoms with Gasteiger partial charge in [-0.1, -0.05) is 6.92 Å². The third-order valence-electron chi connectivity index (χ3n) is 8.77. The molecule has 0 unspecified atom stereocenters. The van der Waals surface area contributed by atoms with E-state index in [0.29, 0.717) is 53.6 Å². The van der Waals surface area contributed by atoms with Gasteiger partial charge in [-0.15, -0.1) is 0 Å². The number of rotatable bonds is 10. The fourth-order valence-electron chi connectivity index (χ4n) is 5.79. The molecule has 0 radical (unpaired) electrons. The Kier molecular flexibility index (Phi) is 13.9. The van der Waals surface area contributed by atoms with Crippen LogP contribution in [0.2, 0.25) is 0 Å². The van der Waals surface area contributed by atoms with Crippen molar-refractivity contribution in [3.63, 3.8) is 0 Å². The lowest BCUT2D eigenvalue weighted by Crippen LogP contribution is -2.48. The zero-order chi connectivity index (χ0) is 35.5. The first kappa shape index (κ1) is 37.7. The minimum atomic E-state index is -0.523. The number of likely N-dealkylation sites (N-methyl/N-ethyl adjacent to an activating group) is 1. The molecule has 4 atom stereocenters. The zero-order valence-corrected chi connectivity index (χ0v) is 29.7. The highest BCUT2D eigenvalue weighted by Crippen LogP contribution is 2.34. The Morgan fingerprint density at radius 2 is 1.71 bits per heavy atom. The molecular weight excluding hydrogens is 630 g/mol. The maximum absolute atomic E-state index is 14.3. The molecule has 2 aliphatic rings. The second-order valence-corrected chi connectivity index (χ2v) is 13.3. The molecule has 0 saturated carbocycles. The monoisotopic (exact) mass is 683 g/mol. The van der Waals surface area contributed by atoms with Gasteiger partial charge in [0.1, 0.15) is 5.75 Å². The van der Waals surface area contributed by atoms with Crippen LogP contribution < -0.4 is 24.8 Å². The lowest BCUT2D eigenvalue weighted by molar-refractivity contribution is -0.116. The Morgan fingerprint density at radius 1 is 1.00 bits per heavy atom. The SMILES string of the molecule is C[C@@H]1CCCCO[C@@H](CN(C)C(=O)Nc2ccc3c(c2)OCO3)[C@@H](C)CN([C@@H](C)CO)C(=O)c2cc(NC(=O)CCCN(C)C)ccc2O1. The molecule has 0 fully saturated rings. The topological polar surface area (TPSA) is 142 Å². The minimum absolute atomic E-state index is 0.134. The Bertz CT molecular complexity index is 1420. The minimum Gasteiger partial charge on any atom is -0.490 e. The standard InChI is InChI=1S/C36H53N5O8/c1-24-20-41(25(2)22-42)35(44)29-18-27(37-34(43)11-9-16-39(4)5)12-14-30(29)49-26(3)10-7-8-17-46-33(24)21-40(6)36(45)38-28-13-15-31-32(19-28)48-23-47-31/h12-15,18-19,24-26,33,42H,7-11,16-17,20-23H2,1-6H3,(H,37,43)(H,38,45)/t24-,25-,26+,33-/m0/s1. The largest absolute Gasteiger partial charge is 0.490 e. The molecule has 2 heterocycles. The predicted molar refractivity (Wildman–Crippen MR) is 188 cm³/mol. The molecule has 4 rings (SSSR count). The molecule has 0 saturated heterocycles. The molecule has 0 aromatic heterocycles. The van der Waals surface area contributed by atoms with E-state index in [4.69, 9.17) is 18.9 Å². The van der Waals surface area contributed by atoms with E-state index in [1.807, 2.05) is 32.8 Å². The van der Waals surface area contributed by atoms with Crippen LogP contribution in [0.5, 0.6) is 17.2 Å². The van der Waals surface area contributed by atoms with Crippen LogP contribution in [-0.2, 0) is 9.53 Å². The molecule has 0 aliphatic carbocycles. The molecule has 49 heavy (non-hydrogen) atoms. The first-order valence-electron chi connectivity index (χ1n) is 17.2. The summed E-state index contributed by atoms with van der Waals surface area (Å²) < 4.78 is 23.5. The number of aliphatic hydroxyl groups is 1. The first-order valence-corrected chi connectivity index (χ1v) is 17.2. The Hall–Kier alpha value is -4.07. The fourth-order valence-corrected chi connectivity index (χ4v) is 5.79. The number of aliphatic hydroxyl groups excluding tert-OH is 1. The van der Waals surface area contributed by atoms with Crippen molar-refractivity contribution in [3.05, 3.63) is 42.0 Å². The third kappa shape index (κ3) is 11.0. The molecule has 0 spiro atoms. The molecule has 2 aromatic rings. The molecular formula is C36H53N5O8. The van der Waals surface area contributed by atoms with Gasteiger partial charge in [0.25, 0.3) is 5.91 Å². The van der Waals surface area contributed by atoms with Crippen LogP contribution in [0, 0.1) is 5.92 Å². The Labute approximate surface area is 289 Å². The van der Waals surface area contributed by atoms with E-state index in [-0.39, 0.29) is 56.4 Å². The second-order valence-electron chi connectivity index (χ2n) is 13.3. The van der Waals surface area contributed by atoms with Crippen molar-refractivity contribution in [2.75, 3.05) is 71.4 Å². The molecule has 3 N–H and O–H groups in total. The lowest BCUT2D eigenvalue weighted by atomic mass is 10.0. The van der Waals surface area contributed by atoms with Gasteiger partial charge < -0.3 is 49.4 Å². The quantitative estimate of drug-likeness (QED) is 0.326. The van der Waals surface area contributed by atoms with Crippen LogP contribution in [0.3, 0.4) is 0 Å². The number of hydrogen-bond acceptors (Lipinski definition) is 9. The van der Waals surface area contributed by atoms with Gasteiger partial charge in [0.05, 0.1) is 30.4 Å². The van der Waals surface area contributed by atoms with Gasteiger partial charge in [0.2, 0.25) is 12.7 Å². The summed E-state index contributed by atoms with van der Waals surface area (Å²) in [7, 11) is 5.63. The summed E-state index contributed by atoms with van der Waals surface area (Å²) in [6, 6.07) is 9.53. The van der Waals surface area contributed by atoms with Crippen molar-refractivity contribution in [1.82, 2.24) is 14.7 Å². The molecule has 4 amide bonds. The average Bonchev–Trinajstić information content (AvgIpc) is 3.53. The molecule has 0 bridgehead atoms. The Morgan fingerprint density at radius 3 is 2.45 bits per heavy atom. The average molecular weight is 684 g/mol. The van der Waals surface area contributed by atoms with E-state index in [9.17, 15) is 19.5 Å². The number of amides is 4. The van der Waals surface area contributed by atoms with Gasteiger partial charge in [-0.3, -0.25) is 9.59 Å². The number of benzene rings is 2. The first-order chi connectivity index (χ1) is 23.4. The molecule has 13 nitrogen and oxygen atoms in total. The summed E-state index contributed by atoms with van der Waals surface area (Å²) in [5, 5.41) is 16.1. The van der Waals surface area contributed by atoms with Crippen LogP contribution >= 0.6 is 0 Å². The summed E-state index contributed by atoms with van der Waals surface area (Å²) in [4.78, 5) is 45.5. The van der Waals surface area contributed by atoms with E-state index in [2.05, 4.69) is 10.6 Å². The number of fused-ring (bicyclic) bond motifs is 2. The maximum atomic E-state index is 14.3. The number of carbonyl (C=O) groups is 3. The molecule has 2 aliphatic heterocycles. The summed E-state index contributed by atoms with van der Waals surface area (Å²) in [6.45, 7) is 7.42. The number of nitrogens with zero attached hydrogens (tertiary/aromatic N) is 3. The van der Waals surface area contributed by atoms with Crippen molar-refractivity contribution in [3.8, 4) is 17.2 Å². The zero-order valence-electron chi connectivity index (χ0n) is 29.7. The third-order valence-corrected chi connectivity index (χ3v) is 8.77. The highest BCUT2D eigenvalue weighted by molar-refractivity contribution is 5.99. The van der Waals surface area contributed by atoms with Crippen molar-refractivity contribution in [2.24, 2.45) is 5.92 Å². The smallest absolute Gasteiger partial charge is 0.321 e. The van der Waals surface area contributed by atoms with Gasteiger partial charge in [-0.2, -0.15) is 0 Å². The number of urea groups is 1. The lowest BCUT2D eigenvalue weighted by Gasteiger charge is -2.35. The van der Waals surface area contributed by atoms with E-state index in [0.717, 1.165) is 25.8 Å². The number of carbonyl (C=O) groups excluding carboxylic acids is 3. The van der Waals surface area contributed by atoms with Gasteiger partial charge >= 0.3 is 6.03 Å². The van der Waals surface area contributed by atoms with Gasteiger partial charge in [0.15, 0.2) is 11.5 Å². The molecule has 13 heteroatoms. The Balaban J connectivity index is 1.53. The normalized spacial score (nSPS) is 20.5. The number of ether oxygens (including phenoxy) is 4. The van der Waals surface area contributed by atoms with Crippen molar-refractivity contribution >= 4 is 29.2 Å². The molecule has 2 aromatic carbocycles. The van der Waals surface area contributed by atoms with Gasteiger partial charge in [0, 0.05) is 56.5 Å². The van der Waals surface area contributed by atoms with Crippen LogP contribution in [0.25, 0.3) is 0 Å². The number of anilines is 2. The molecule has 270 valence electrons. The van der Waals surface area contributed by atoms with Gasteiger partial charge in [-0.25, -0.2) is 4.79 Å². The summed E-state index contributed by atoms with van der Waals surface area (Å²) in [5.74, 6) is 0.946. The van der Waals surface area contributed by atoms with Crippen molar-refractivity contribution in [2.45, 2.75) is 71.1 Å². The van der Waals surface area contributed by atoms with Gasteiger partial charge in [-0.05, 0) is 90.5 Å². The fraction of sp³-hybridized carbons (Fsp3) is 0.583. The van der Waals surface area contributed by atoms with Crippen molar-refractivity contribution in [1.29, 1.82) is 0 Å². The summed E-state index contributed by atoms with van der Waals surface area (Å²) >= 11 is 0. The highest BCUT2D eigenvalue weighted by atomic mass is 16.7.